The van der Waals surface area contributed by atoms with E-state index in [0.717, 1.165) is 150 Å². The highest BCUT2D eigenvalue weighted by molar-refractivity contribution is 6.31. The SMILES string of the molecule is Clc1cccc(-c2nc(-c3cccc(-n4c5ccc(-c6ccc7c(c6)c6ccccc6n7-c6ccccc6)cc5c5cc(-c6ccc7c(c6)c6ccccc6n7-c6ccccc6)ccc54)c3)cc(-c3cccc(-n4c5ccc(-c6ccc7c(c6)c6ccccc6n7-c6ccccc6)cc5c5cc(-c6ccc7c(c6)c6ccccc6n7-c6ccccc6)ccc54)c3)n2)c1. The molecule has 19 aromatic carbocycles. The van der Waals surface area contributed by atoms with E-state index >= 15 is 0 Å². The maximum Gasteiger partial charge on any atom is 0.160 e. The summed E-state index contributed by atoms with van der Waals surface area (Å²) in [5.41, 5.74) is 33.6. The summed E-state index contributed by atoms with van der Waals surface area (Å²) in [6.07, 6.45) is 0. The molecule has 592 valence electrons. The predicted molar refractivity (Wildman–Crippen MR) is 531 cm³/mol. The van der Waals surface area contributed by atoms with E-state index in [-0.39, 0.29) is 0 Å². The van der Waals surface area contributed by atoms with Gasteiger partial charge in [-0.3, -0.25) is 0 Å². The van der Waals surface area contributed by atoms with E-state index in [0.29, 0.717) is 10.8 Å². The lowest BCUT2D eigenvalue weighted by Gasteiger charge is -2.14. The number of halogens is 1. The molecule has 0 bridgehead atoms. The van der Waals surface area contributed by atoms with Gasteiger partial charge in [-0.25, -0.2) is 9.97 Å². The molecule has 0 unspecified atom stereocenters. The summed E-state index contributed by atoms with van der Waals surface area (Å²) >= 11 is 6.93. The number of benzene rings is 19. The maximum absolute atomic E-state index is 6.93. The Hall–Kier alpha value is -16.7. The van der Waals surface area contributed by atoms with E-state index < -0.39 is 0 Å². The molecule has 0 radical (unpaired) electrons. The zero-order chi connectivity index (χ0) is 83.5. The fourth-order valence-electron chi connectivity index (χ4n) is 20.5. The molecule has 9 heteroatoms. The van der Waals surface area contributed by atoms with Gasteiger partial charge in [0, 0.05) is 120 Å². The molecule has 0 saturated heterocycles. The van der Waals surface area contributed by atoms with Crippen LogP contribution in [-0.4, -0.2) is 37.4 Å². The molecule has 127 heavy (non-hydrogen) atoms. The van der Waals surface area contributed by atoms with Crippen molar-refractivity contribution >= 4 is 142 Å². The first-order valence-corrected chi connectivity index (χ1v) is 43.6. The largest absolute Gasteiger partial charge is 0.309 e. The summed E-state index contributed by atoms with van der Waals surface area (Å²) in [4.78, 5) is 11.0. The van der Waals surface area contributed by atoms with Gasteiger partial charge in [-0.15, -0.1) is 0 Å². The molecule has 0 aliphatic heterocycles. The monoisotopic (exact) mass is 1640 g/mol. The second-order valence-electron chi connectivity index (χ2n) is 33.4. The van der Waals surface area contributed by atoms with Crippen LogP contribution in [-0.2, 0) is 0 Å². The van der Waals surface area contributed by atoms with Crippen LogP contribution < -0.4 is 0 Å². The van der Waals surface area contributed by atoms with Crippen molar-refractivity contribution in [1.29, 1.82) is 0 Å². The molecule has 0 spiro atoms. The first kappa shape index (κ1) is 72.0. The van der Waals surface area contributed by atoms with Gasteiger partial charge in [0.05, 0.1) is 77.6 Å². The Labute approximate surface area is 735 Å². The third kappa shape index (κ3) is 11.6. The first-order chi connectivity index (χ1) is 62.9. The Morgan fingerprint density at radius 1 is 0.142 bits per heavy atom. The third-order valence-electron chi connectivity index (χ3n) is 26.2. The van der Waals surface area contributed by atoms with Gasteiger partial charge < -0.3 is 27.4 Å². The summed E-state index contributed by atoms with van der Waals surface area (Å²) in [5, 5.41) is 14.9. The van der Waals surface area contributed by atoms with Gasteiger partial charge in [-0.2, -0.15) is 0 Å². The van der Waals surface area contributed by atoms with Crippen LogP contribution in [0.1, 0.15) is 0 Å². The third-order valence-corrected chi connectivity index (χ3v) is 26.5. The van der Waals surface area contributed by atoms with Gasteiger partial charge in [0.2, 0.25) is 0 Å². The van der Waals surface area contributed by atoms with Crippen molar-refractivity contribution in [2.75, 3.05) is 0 Å². The highest BCUT2D eigenvalue weighted by Gasteiger charge is 2.25. The molecule has 0 atom stereocenters. The summed E-state index contributed by atoms with van der Waals surface area (Å²) in [6.45, 7) is 0. The molecule has 0 aliphatic carbocycles. The maximum atomic E-state index is 6.93. The lowest BCUT2D eigenvalue weighted by molar-refractivity contribution is 1.16. The zero-order valence-corrected chi connectivity index (χ0v) is 69.4. The van der Waals surface area contributed by atoms with E-state index in [1.807, 2.05) is 24.3 Å². The molecule has 0 amide bonds. The second kappa shape index (κ2) is 28.7. The van der Waals surface area contributed by atoms with Gasteiger partial charge in [0.15, 0.2) is 5.82 Å². The van der Waals surface area contributed by atoms with Crippen molar-refractivity contribution in [2.45, 2.75) is 0 Å². The van der Waals surface area contributed by atoms with Crippen LogP contribution in [0.2, 0.25) is 5.02 Å². The number of aromatic nitrogens is 8. The number of hydrogen-bond acceptors (Lipinski definition) is 2. The fraction of sp³-hybridized carbons (Fsp3) is 0. The highest BCUT2D eigenvalue weighted by atomic mass is 35.5. The van der Waals surface area contributed by atoms with Crippen molar-refractivity contribution in [2.24, 2.45) is 0 Å². The molecule has 26 rings (SSSR count). The van der Waals surface area contributed by atoms with Crippen LogP contribution in [0.4, 0.5) is 0 Å². The zero-order valence-electron chi connectivity index (χ0n) is 68.6. The average Bonchev–Trinajstić information content (AvgIpc) is 1.58. The topological polar surface area (TPSA) is 55.4 Å². The minimum atomic E-state index is 0.566. The molecule has 0 saturated carbocycles. The summed E-state index contributed by atoms with van der Waals surface area (Å²) < 4.78 is 14.4. The summed E-state index contributed by atoms with van der Waals surface area (Å²) in [6, 6.07) is 162. The van der Waals surface area contributed by atoms with Crippen molar-refractivity contribution in [3.8, 4) is 113 Å². The minimum Gasteiger partial charge on any atom is -0.309 e. The molecule has 26 aromatic rings. The average molecular weight is 1640 g/mol. The van der Waals surface area contributed by atoms with E-state index in [2.05, 4.69) is 446 Å². The number of para-hydroxylation sites is 8. The van der Waals surface area contributed by atoms with Gasteiger partial charge in [0.25, 0.3) is 0 Å². The van der Waals surface area contributed by atoms with Crippen LogP contribution in [0, 0.1) is 0 Å². The van der Waals surface area contributed by atoms with Crippen LogP contribution >= 0.6 is 11.6 Å². The summed E-state index contributed by atoms with van der Waals surface area (Å²) in [5.74, 6) is 0.566. The van der Waals surface area contributed by atoms with Crippen LogP contribution in [0.3, 0.4) is 0 Å². The molecule has 8 nitrogen and oxygen atoms in total. The smallest absolute Gasteiger partial charge is 0.160 e. The van der Waals surface area contributed by atoms with Gasteiger partial charge in [-0.05, 0) is 257 Å². The Bertz CT molecular complexity index is 8110. The fourth-order valence-corrected chi connectivity index (χ4v) is 20.7. The van der Waals surface area contributed by atoms with Crippen LogP contribution in [0.25, 0.3) is 243 Å². The standard InChI is InChI=1S/C118H73ClN8/c119-85-27-21-26-84(62-85)118-120-104(82-24-22-36-90(63-82)126-114-58-50-78(74-46-54-110-96(65-74)92-38-13-17-42-106(92)122(110)86-28-5-1-6-29-86)69-100(114)101-70-79(51-59-115(101)126)75-47-55-111-97(66-75)93-39-14-18-43-107(93)123(111)87-30-7-2-8-31-87)73-105(121-118)83-25-23-37-91(64-83)127-116-60-52-80(76-48-56-112-98(67-76)94-40-15-19-44-108(94)124(112)88-32-9-3-10-33-88)71-102(116)103-72-81(53-61-117(103)127)77-49-57-113-99(68-77)95-41-16-20-45-109(95)125(113)89-34-11-4-12-35-89/h1-73H. The van der Waals surface area contributed by atoms with Gasteiger partial charge in [-0.1, -0.05) is 242 Å². The molecular weight excluding hydrogens is 1560 g/mol. The lowest BCUT2D eigenvalue weighted by Crippen LogP contribution is -1.99. The molecule has 7 aromatic heterocycles. The van der Waals surface area contributed by atoms with E-state index in [1.54, 1.807) is 0 Å². The Kier molecular flexibility index (Phi) is 16.3. The Morgan fingerprint density at radius 2 is 0.354 bits per heavy atom. The predicted octanol–water partition coefficient (Wildman–Crippen LogP) is 31.4. The number of fused-ring (bicyclic) bond motifs is 18. The summed E-state index contributed by atoms with van der Waals surface area (Å²) in [7, 11) is 0. The molecule has 0 fully saturated rings. The van der Waals surface area contributed by atoms with Crippen molar-refractivity contribution < 1.29 is 0 Å². The normalized spacial score (nSPS) is 12.0. The molecule has 0 aliphatic rings. The Morgan fingerprint density at radius 3 is 0.622 bits per heavy atom. The van der Waals surface area contributed by atoms with E-state index in [4.69, 9.17) is 21.6 Å². The quantitative estimate of drug-likeness (QED) is 0.116. The van der Waals surface area contributed by atoms with Crippen molar-refractivity contribution in [3.63, 3.8) is 0 Å². The molecular formula is C118H73ClN8. The number of rotatable bonds is 13. The van der Waals surface area contributed by atoms with Gasteiger partial charge >= 0.3 is 0 Å². The van der Waals surface area contributed by atoms with Crippen molar-refractivity contribution in [3.05, 3.63) is 448 Å². The molecule has 0 N–H and O–H groups in total. The number of hydrogen-bond donors (Lipinski definition) is 0. The molecule has 7 heterocycles. The minimum absolute atomic E-state index is 0.566. The van der Waals surface area contributed by atoms with Crippen LogP contribution in [0.5, 0.6) is 0 Å². The second-order valence-corrected chi connectivity index (χ2v) is 33.8. The van der Waals surface area contributed by atoms with Crippen LogP contribution in [0.15, 0.2) is 443 Å². The van der Waals surface area contributed by atoms with Gasteiger partial charge in [0.1, 0.15) is 0 Å². The van der Waals surface area contributed by atoms with Crippen molar-refractivity contribution in [1.82, 2.24) is 37.4 Å². The lowest BCUT2D eigenvalue weighted by atomic mass is 9.98. The highest BCUT2D eigenvalue weighted by Crippen LogP contribution is 2.47. The van der Waals surface area contributed by atoms with E-state index in [1.165, 1.54) is 87.2 Å². The number of nitrogens with zero attached hydrogens (tertiary/aromatic N) is 8. The van der Waals surface area contributed by atoms with E-state index in [9.17, 15) is 0 Å². The Balaban J connectivity index is 0.623. The first-order valence-electron chi connectivity index (χ1n) is 43.3.